The molecule has 1 aromatic carbocycles. The van der Waals surface area contributed by atoms with Gasteiger partial charge in [-0.05, 0) is 31.9 Å². The van der Waals surface area contributed by atoms with Crippen LogP contribution in [-0.2, 0) is 0 Å². The number of hydrogen-bond acceptors (Lipinski definition) is 2. The molecule has 0 amide bonds. The summed E-state index contributed by atoms with van der Waals surface area (Å²) in [6, 6.07) is 6.07. The molecular formula is C14H17NO. The normalized spacial score (nSPS) is 11.9. The molecule has 0 heterocycles. The quantitative estimate of drug-likeness (QED) is 0.725. The molecule has 16 heavy (non-hydrogen) atoms. The van der Waals surface area contributed by atoms with Crippen LogP contribution in [0.25, 0.3) is 0 Å². The Morgan fingerprint density at radius 2 is 1.81 bits per heavy atom. The molecule has 0 aliphatic heterocycles. The minimum Gasteiger partial charge on any atom is -0.294 e. The number of rotatable bonds is 3. The Hall–Kier alpha value is -1.62. The van der Waals surface area contributed by atoms with Gasteiger partial charge in [-0.2, -0.15) is 5.26 Å². The molecule has 0 aliphatic rings. The first-order valence-corrected chi connectivity index (χ1v) is 5.46. The fraction of sp³-hybridized carbons (Fsp3) is 0.429. The first-order chi connectivity index (χ1) is 7.47. The van der Waals surface area contributed by atoms with E-state index in [9.17, 15) is 4.79 Å². The summed E-state index contributed by atoms with van der Waals surface area (Å²) >= 11 is 0. The van der Waals surface area contributed by atoms with E-state index in [2.05, 4.69) is 0 Å². The smallest absolute Gasteiger partial charge is 0.167 e. The van der Waals surface area contributed by atoms with Crippen molar-refractivity contribution in [2.75, 3.05) is 0 Å². The topological polar surface area (TPSA) is 40.9 Å². The summed E-state index contributed by atoms with van der Waals surface area (Å²) in [6.45, 7) is 7.73. The molecule has 0 spiro atoms. The van der Waals surface area contributed by atoms with Crippen LogP contribution in [0, 0.1) is 38.0 Å². The lowest BCUT2D eigenvalue weighted by Crippen LogP contribution is -2.14. The average molecular weight is 215 g/mol. The SMILES string of the molecule is Cc1cc(C)c(C(=O)C(C)CC#N)c(C)c1. The lowest BCUT2D eigenvalue weighted by atomic mass is 9.90. The molecule has 0 aromatic heterocycles. The van der Waals surface area contributed by atoms with Crippen molar-refractivity contribution in [3.05, 3.63) is 34.4 Å². The highest BCUT2D eigenvalue weighted by atomic mass is 16.1. The Labute approximate surface area is 96.9 Å². The number of carbonyl (C=O) groups excluding carboxylic acids is 1. The minimum absolute atomic E-state index is 0.0801. The molecule has 0 saturated heterocycles. The second kappa shape index (κ2) is 4.94. The Kier molecular flexibility index (Phi) is 3.84. The Morgan fingerprint density at radius 3 is 2.25 bits per heavy atom. The summed E-state index contributed by atoms with van der Waals surface area (Å²) in [4.78, 5) is 12.1. The summed E-state index contributed by atoms with van der Waals surface area (Å²) in [7, 11) is 0. The molecule has 1 atom stereocenters. The summed E-state index contributed by atoms with van der Waals surface area (Å²) in [6.07, 6.45) is 0.283. The van der Waals surface area contributed by atoms with E-state index < -0.39 is 0 Å². The van der Waals surface area contributed by atoms with Crippen LogP contribution < -0.4 is 0 Å². The van der Waals surface area contributed by atoms with E-state index in [1.807, 2.05) is 45.9 Å². The van der Waals surface area contributed by atoms with Crippen LogP contribution in [0.3, 0.4) is 0 Å². The maximum absolute atomic E-state index is 12.1. The van der Waals surface area contributed by atoms with Gasteiger partial charge in [-0.25, -0.2) is 0 Å². The Bertz CT molecular complexity index is 431. The summed E-state index contributed by atoms with van der Waals surface area (Å²) in [5.41, 5.74) is 3.97. The van der Waals surface area contributed by atoms with E-state index in [0.29, 0.717) is 0 Å². The molecule has 1 aromatic rings. The number of aryl methyl sites for hydroxylation is 3. The molecule has 1 unspecified atom stereocenters. The molecule has 84 valence electrons. The van der Waals surface area contributed by atoms with Crippen molar-refractivity contribution in [1.82, 2.24) is 0 Å². The molecule has 0 fully saturated rings. The number of nitrogens with zero attached hydrogens (tertiary/aromatic N) is 1. The van der Waals surface area contributed by atoms with Crippen molar-refractivity contribution in [1.29, 1.82) is 5.26 Å². The van der Waals surface area contributed by atoms with Gasteiger partial charge in [0.05, 0.1) is 6.07 Å². The molecule has 1 rings (SSSR count). The van der Waals surface area contributed by atoms with Crippen LogP contribution >= 0.6 is 0 Å². The van der Waals surface area contributed by atoms with Crippen molar-refractivity contribution >= 4 is 5.78 Å². The van der Waals surface area contributed by atoms with Crippen LogP contribution in [0.4, 0.5) is 0 Å². The number of benzene rings is 1. The highest BCUT2D eigenvalue weighted by Crippen LogP contribution is 2.21. The first-order valence-electron chi connectivity index (χ1n) is 5.46. The van der Waals surface area contributed by atoms with E-state index >= 15 is 0 Å². The zero-order valence-corrected chi connectivity index (χ0v) is 10.3. The number of Topliss-reactive ketones (excluding diaryl/α,β-unsaturated/α-hetero) is 1. The van der Waals surface area contributed by atoms with Gasteiger partial charge in [0.1, 0.15) is 0 Å². The molecule has 0 aliphatic carbocycles. The predicted molar refractivity (Wildman–Crippen MR) is 64.4 cm³/mol. The van der Waals surface area contributed by atoms with Gasteiger partial charge in [-0.1, -0.05) is 24.6 Å². The summed E-state index contributed by atoms with van der Waals surface area (Å²) in [5, 5.41) is 8.61. The standard InChI is InChI=1S/C14H17NO/c1-9-7-11(3)13(12(4)8-9)14(16)10(2)5-6-15/h7-8,10H,5H2,1-4H3. The molecule has 0 saturated carbocycles. The number of hydrogen-bond donors (Lipinski definition) is 0. The van der Waals surface area contributed by atoms with Gasteiger partial charge in [0.25, 0.3) is 0 Å². The lowest BCUT2D eigenvalue weighted by Gasteiger charge is -2.13. The van der Waals surface area contributed by atoms with Crippen molar-refractivity contribution in [2.45, 2.75) is 34.1 Å². The zero-order chi connectivity index (χ0) is 12.3. The third-order valence-electron chi connectivity index (χ3n) is 2.77. The third-order valence-corrected chi connectivity index (χ3v) is 2.77. The number of nitriles is 1. The van der Waals surface area contributed by atoms with Crippen molar-refractivity contribution in [3.63, 3.8) is 0 Å². The Balaban J connectivity index is 3.15. The van der Waals surface area contributed by atoms with Crippen LogP contribution in [0.5, 0.6) is 0 Å². The van der Waals surface area contributed by atoms with Gasteiger partial charge in [0.15, 0.2) is 5.78 Å². The molecule has 0 N–H and O–H groups in total. The molecule has 0 bridgehead atoms. The second-order valence-electron chi connectivity index (χ2n) is 4.40. The van der Waals surface area contributed by atoms with Crippen molar-refractivity contribution in [2.24, 2.45) is 5.92 Å². The van der Waals surface area contributed by atoms with E-state index in [1.165, 1.54) is 5.56 Å². The van der Waals surface area contributed by atoms with Crippen molar-refractivity contribution < 1.29 is 4.79 Å². The van der Waals surface area contributed by atoms with Crippen molar-refractivity contribution in [3.8, 4) is 6.07 Å². The zero-order valence-electron chi connectivity index (χ0n) is 10.3. The Morgan fingerprint density at radius 1 is 1.31 bits per heavy atom. The molecule has 2 heteroatoms. The molecular weight excluding hydrogens is 198 g/mol. The fourth-order valence-electron chi connectivity index (χ4n) is 2.04. The van der Waals surface area contributed by atoms with Crippen LogP contribution in [0.1, 0.15) is 40.4 Å². The van der Waals surface area contributed by atoms with Gasteiger partial charge >= 0.3 is 0 Å². The van der Waals surface area contributed by atoms with Gasteiger partial charge in [-0.15, -0.1) is 0 Å². The van der Waals surface area contributed by atoms with Gasteiger partial charge < -0.3 is 0 Å². The predicted octanol–water partition coefficient (Wildman–Crippen LogP) is 3.34. The van der Waals surface area contributed by atoms with Gasteiger partial charge in [0, 0.05) is 17.9 Å². The van der Waals surface area contributed by atoms with Gasteiger partial charge in [0.2, 0.25) is 0 Å². The van der Waals surface area contributed by atoms with Crippen LogP contribution in [-0.4, -0.2) is 5.78 Å². The second-order valence-corrected chi connectivity index (χ2v) is 4.40. The maximum Gasteiger partial charge on any atom is 0.167 e. The molecule has 0 radical (unpaired) electrons. The van der Waals surface area contributed by atoms with E-state index in [1.54, 1.807) is 0 Å². The van der Waals surface area contributed by atoms with E-state index in [-0.39, 0.29) is 18.1 Å². The number of carbonyl (C=O) groups is 1. The average Bonchev–Trinajstić information content (AvgIpc) is 2.16. The number of ketones is 1. The highest BCUT2D eigenvalue weighted by Gasteiger charge is 2.18. The van der Waals surface area contributed by atoms with E-state index in [4.69, 9.17) is 5.26 Å². The highest BCUT2D eigenvalue weighted by molar-refractivity contribution is 6.00. The van der Waals surface area contributed by atoms with Crippen LogP contribution in [0.15, 0.2) is 12.1 Å². The van der Waals surface area contributed by atoms with Gasteiger partial charge in [-0.3, -0.25) is 4.79 Å². The maximum atomic E-state index is 12.1. The minimum atomic E-state index is -0.217. The third kappa shape index (κ3) is 2.49. The van der Waals surface area contributed by atoms with E-state index in [0.717, 1.165) is 16.7 Å². The monoisotopic (exact) mass is 215 g/mol. The van der Waals surface area contributed by atoms with Crippen LogP contribution in [0.2, 0.25) is 0 Å². The largest absolute Gasteiger partial charge is 0.294 e. The lowest BCUT2D eigenvalue weighted by molar-refractivity contribution is 0.0930. The summed E-state index contributed by atoms with van der Waals surface area (Å²) < 4.78 is 0. The first kappa shape index (κ1) is 12.4. The molecule has 2 nitrogen and oxygen atoms in total. The fourth-order valence-corrected chi connectivity index (χ4v) is 2.04. The summed E-state index contributed by atoms with van der Waals surface area (Å²) in [5.74, 6) is -0.137.